The van der Waals surface area contributed by atoms with Gasteiger partial charge in [0.15, 0.2) is 0 Å². The summed E-state index contributed by atoms with van der Waals surface area (Å²) in [5.74, 6) is 4.32. The topological polar surface area (TPSA) is 34.4 Å². The summed E-state index contributed by atoms with van der Waals surface area (Å²) >= 11 is 3.49. The number of halogens is 1. The maximum absolute atomic E-state index is 5.92. The van der Waals surface area contributed by atoms with Gasteiger partial charge in [0.25, 0.3) is 0 Å². The molecule has 2 aromatic rings. The molecule has 1 N–H and O–H groups in total. The zero-order valence-electron chi connectivity index (χ0n) is 12.6. The Hall–Kier alpha value is -1.42. The first-order valence-corrected chi connectivity index (χ1v) is 8.04. The van der Waals surface area contributed by atoms with Gasteiger partial charge in [0.05, 0.1) is 19.3 Å². The van der Waals surface area contributed by atoms with Crippen LogP contribution in [0.25, 0.3) is 0 Å². The van der Waals surface area contributed by atoms with Crippen LogP contribution in [-0.4, -0.2) is 7.11 Å². The Kier molecular flexibility index (Phi) is 3.98. The molecule has 0 aliphatic heterocycles. The average Bonchev–Trinajstić information content (AvgIpc) is 2.99. The van der Waals surface area contributed by atoms with Gasteiger partial charge in [-0.2, -0.15) is 0 Å². The Morgan fingerprint density at radius 2 is 2.14 bits per heavy atom. The SMILES string of the molecule is COc1cc(Br)cc(C)c1NCc1ccc(C2CC2C)o1. The predicted octanol–water partition coefficient (Wildman–Crippen LogP) is 5.09. The van der Waals surface area contributed by atoms with Crippen LogP contribution in [0.1, 0.15) is 36.3 Å². The highest BCUT2D eigenvalue weighted by atomic mass is 79.9. The van der Waals surface area contributed by atoms with Crippen molar-refractivity contribution in [3.8, 4) is 5.75 Å². The van der Waals surface area contributed by atoms with E-state index in [4.69, 9.17) is 9.15 Å². The van der Waals surface area contributed by atoms with Crippen LogP contribution in [0.5, 0.6) is 5.75 Å². The molecule has 0 amide bonds. The molecule has 3 rings (SSSR count). The van der Waals surface area contributed by atoms with E-state index in [9.17, 15) is 0 Å². The number of ether oxygens (including phenoxy) is 1. The molecular weight excluding hydrogens is 330 g/mol. The van der Waals surface area contributed by atoms with Crippen molar-refractivity contribution in [1.82, 2.24) is 0 Å². The van der Waals surface area contributed by atoms with Crippen LogP contribution in [0.4, 0.5) is 5.69 Å². The first-order valence-electron chi connectivity index (χ1n) is 7.25. The molecule has 1 aliphatic rings. The van der Waals surface area contributed by atoms with E-state index in [0.29, 0.717) is 12.5 Å². The Bertz CT molecular complexity index is 650. The molecule has 2 atom stereocenters. The Morgan fingerprint density at radius 1 is 1.38 bits per heavy atom. The lowest BCUT2D eigenvalue weighted by Crippen LogP contribution is -2.02. The fraction of sp³-hybridized carbons (Fsp3) is 0.412. The van der Waals surface area contributed by atoms with Crippen molar-refractivity contribution >= 4 is 21.6 Å². The van der Waals surface area contributed by atoms with Crippen molar-refractivity contribution in [1.29, 1.82) is 0 Å². The third-order valence-electron chi connectivity index (χ3n) is 4.08. The van der Waals surface area contributed by atoms with Crippen LogP contribution in [0, 0.1) is 12.8 Å². The normalized spacial score (nSPS) is 20.4. The minimum Gasteiger partial charge on any atom is -0.495 e. The van der Waals surface area contributed by atoms with E-state index in [1.54, 1.807) is 7.11 Å². The number of rotatable bonds is 5. The van der Waals surface area contributed by atoms with Crippen LogP contribution in [-0.2, 0) is 6.54 Å². The van der Waals surface area contributed by atoms with Gasteiger partial charge in [-0.3, -0.25) is 0 Å². The zero-order chi connectivity index (χ0) is 15.0. The standard InChI is InChI=1S/C17H20BrNO2/c1-10-7-14(10)15-5-4-13(21-15)9-19-17-11(2)6-12(18)8-16(17)20-3/h4-6,8,10,14,19H,7,9H2,1-3H3. The number of anilines is 1. The highest BCUT2D eigenvalue weighted by molar-refractivity contribution is 9.10. The lowest BCUT2D eigenvalue weighted by Gasteiger charge is -2.13. The van der Waals surface area contributed by atoms with E-state index in [0.717, 1.165) is 38.9 Å². The zero-order valence-corrected chi connectivity index (χ0v) is 14.2. The minimum absolute atomic E-state index is 0.628. The average molecular weight is 350 g/mol. The van der Waals surface area contributed by atoms with Gasteiger partial charge < -0.3 is 14.5 Å². The first-order chi connectivity index (χ1) is 10.1. The number of benzene rings is 1. The molecule has 1 heterocycles. The Labute approximate surface area is 133 Å². The van der Waals surface area contributed by atoms with E-state index in [2.05, 4.69) is 53.3 Å². The first kappa shape index (κ1) is 14.5. The number of hydrogen-bond acceptors (Lipinski definition) is 3. The molecule has 1 saturated carbocycles. The van der Waals surface area contributed by atoms with Crippen LogP contribution < -0.4 is 10.1 Å². The molecule has 0 spiro atoms. The van der Waals surface area contributed by atoms with Crippen molar-refractivity contribution < 1.29 is 9.15 Å². The van der Waals surface area contributed by atoms with Gasteiger partial charge in [-0.1, -0.05) is 22.9 Å². The van der Waals surface area contributed by atoms with Gasteiger partial charge in [0, 0.05) is 10.4 Å². The maximum atomic E-state index is 5.92. The second-order valence-corrected chi connectivity index (χ2v) is 6.69. The highest BCUT2D eigenvalue weighted by Gasteiger charge is 2.36. The monoisotopic (exact) mass is 349 g/mol. The summed E-state index contributed by atoms with van der Waals surface area (Å²) < 4.78 is 12.4. The second-order valence-electron chi connectivity index (χ2n) is 5.78. The Morgan fingerprint density at radius 3 is 2.81 bits per heavy atom. The molecule has 0 radical (unpaired) electrons. The summed E-state index contributed by atoms with van der Waals surface area (Å²) in [4.78, 5) is 0. The minimum atomic E-state index is 0.628. The third-order valence-corrected chi connectivity index (χ3v) is 4.54. The van der Waals surface area contributed by atoms with Crippen LogP contribution >= 0.6 is 15.9 Å². The molecule has 1 aliphatic carbocycles. The molecule has 3 nitrogen and oxygen atoms in total. The smallest absolute Gasteiger partial charge is 0.143 e. The summed E-state index contributed by atoms with van der Waals surface area (Å²) in [7, 11) is 1.69. The van der Waals surface area contributed by atoms with Gasteiger partial charge in [0.1, 0.15) is 17.3 Å². The molecule has 4 heteroatoms. The molecule has 1 fully saturated rings. The summed E-state index contributed by atoms with van der Waals surface area (Å²) in [6, 6.07) is 8.21. The van der Waals surface area contributed by atoms with Crippen molar-refractivity contribution in [2.75, 3.05) is 12.4 Å². The van der Waals surface area contributed by atoms with Crippen LogP contribution in [0.15, 0.2) is 33.2 Å². The maximum Gasteiger partial charge on any atom is 0.143 e. The lowest BCUT2D eigenvalue weighted by atomic mass is 10.2. The number of methoxy groups -OCH3 is 1. The van der Waals surface area contributed by atoms with Gasteiger partial charge in [-0.25, -0.2) is 0 Å². The quantitative estimate of drug-likeness (QED) is 0.815. The Balaban J connectivity index is 1.71. The van der Waals surface area contributed by atoms with Gasteiger partial charge in [0.2, 0.25) is 0 Å². The van der Waals surface area contributed by atoms with E-state index in [1.165, 1.54) is 6.42 Å². The molecule has 112 valence electrons. The molecule has 1 aromatic carbocycles. The van der Waals surface area contributed by atoms with Crippen LogP contribution in [0.3, 0.4) is 0 Å². The summed E-state index contributed by atoms with van der Waals surface area (Å²) in [6.45, 7) is 5.00. The van der Waals surface area contributed by atoms with Crippen molar-refractivity contribution in [3.05, 3.63) is 45.8 Å². The molecule has 21 heavy (non-hydrogen) atoms. The van der Waals surface area contributed by atoms with E-state index in [-0.39, 0.29) is 0 Å². The van der Waals surface area contributed by atoms with Crippen molar-refractivity contribution in [2.24, 2.45) is 5.92 Å². The fourth-order valence-electron chi connectivity index (χ4n) is 2.68. The lowest BCUT2D eigenvalue weighted by molar-refractivity contribution is 0.415. The number of aryl methyl sites for hydroxylation is 1. The number of hydrogen-bond donors (Lipinski definition) is 1. The van der Waals surface area contributed by atoms with E-state index < -0.39 is 0 Å². The van der Waals surface area contributed by atoms with Crippen molar-refractivity contribution in [3.63, 3.8) is 0 Å². The van der Waals surface area contributed by atoms with Gasteiger partial charge >= 0.3 is 0 Å². The second kappa shape index (κ2) is 5.76. The molecule has 0 bridgehead atoms. The fourth-order valence-corrected chi connectivity index (χ4v) is 3.23. The summed E-state index contributed by atoms with van der Waals surface area (Å²) in [5.41, 5.74) is 2.15. The number of nitrogens with one attached hydrogen (secondary N) is 1. The molecule has 1 aromatic heterocycles. The summed E-state index contributed by atoms with van der Waals surface area (Å²) in [5, 5.41) is 3.42. The number of furan rings is 1. The molecule has 2 unspecified atom stereocenters. The van der Waals surface area contributed by atoms with Crippen molar-refractivity contribution in [2.45, 2.75) is 32.7 Å². The largest absolute Gasteiger partial charge is 0.495 e. The molecule has 0 saturated heterocycles. The highest BCUT2D eigenvalue weighted by Crippen LogP contribution is 2.47. The predicted molar refractivity (Wildman–Crippen MR) is 88.0 cm³/mol. The van der Waals surface area contributed by atoms with Gasteiger partial charge in [-0.15, -0.1) is 0 Å². The van der Waals surface area contributed by atoms with E-state index >= 15 is 0 Å². The van der Waals surface area contributed by atoms with Gasteiger partial charge in [-0.05, 0) is 49.1 Å². The molecular formula is C17H20BrNO2. The van der Waals surface area contributed by atoms with E-state index in [1.807, 2.05) is 6.07 Å². The van der Waals surface area contributed by atoms with Crippen LogP contribution in [0.2, 0.25) is 0 Å². The summed E-state index contributed by atoms with van der Waals surface area (Å²) in [6.07, 6.45) is 1.25. The third kappa shape index (κ3) is 3.10.